The van der Waals surface area contributed by atoms with Crippen molar-refractivity contribution < 1.29 is 19.3 Å². The highest BCUT2D eigenvalue weighted by atomic mass is 16.7. The lowest BCUT2D eigenvalue weighted by atomic mass is 10.0. The molecule has 0 amide bonds. The van der Waals surface area contributed by atoms with Gasteiger partial charge in [-0.2, -0.15) is 0 Å². The van der Waals surface area contributed by atoms with E-state index in [1.165, 1.54) is 5.56 Å². The van der Waals surface area contributed by atoms with E-state index in [1.807, 2.05) is 30.3 Å². The molecule has 0 fully saturated rings. The van der Waals surface area contributed by atoms with Crippen molar-refractivity contribution in [2.45, 2.75) is 25.6 Å². The first-order valence-electron chi connectivity index (χ1n) is 8.19. The first kappa shape index (κ1) is 15.3. The number of methoxy groups -OCH3 is 1. The van der Waals surface area contributed by atoms with Gasteiger partial charge in [0.05, 0.1) is 13.2 Å². The number of aliphatic hydroxyl groups excluding tert-OH is 1. The van der Waals surface area contributed by atoms with E-state index in [4.69, 9.17) is 14.2 Å². The summed E-state index contributed by atoms with van der Waals surface area (Å²) in [5.74, 6) is 2.12. The minimum atomic E-state index is -0.391. The lowest BCUT2D eigenvalue weighted by Gasteiger charge is -2.21. The summed E-state index contributed by atoms with van der Waals surface area (Å²) >= 11 is 0. The molecule has 0 aromatic heterocycles. The average Bonchev–Trinajstić information content (AvgIpc) is 3.01. The fourth-order valence-electron chi connectivity index (χ4n) is 3.45. The molecule has 5 nitrogen and oxygen atoms in total. The summed E-state index contributed by atoms with van der Waals surface area (Å²) in [5.41, 5.74) is 3.35. The highest BCUT2D eigenvalue weighted by molar-refractivity contribution is 5.55. The summed E-state index contributed by atoms with van der Waals surface area (Å²) in [5, 5.41) is 10.4. The largest absolute Gasteiger partial charge is 0.493 e. The summed E-state index contributed by atoms with van der Waals surface area (Å²) in [4.78, 5) is 2.34. The number of nitrogens with zero attached hydrogens (tertiary/aromatic N) is 1. The molecule has 5 heteroatoms. The predicted octanol–water partition coefficient (Wildman–Crippen LogP) is 2.86. The molecule has 2 aliphatic heterocycles. The third-order valence-electron chi connectivity index (χ3n) is 4.65. The van der Waals surface area contributed by atoms with Crippen molar-refractivity contribution in [2.75, 3.05) is 20.4 Å². The molecule has 0 bridgehead atoms. The van der Waals surface area contributed by atoms with Crippen LogP contribution in [-0.4, -0.2) is 30.5 Å². The lowest BCUT2D eigenvalue weighted by Crippen LogP contribution is -2.23. The second kappa shape index (κ2) is 6.34. The average molecular weight is 327 g/mol. The summed E-state index contributed by atoms with van der Waals surface area (Å²) in [6, 6.07) is 12.1. The number of rotatable bonds is 3. The first-order chi connectivity index (χ1) is 11.7. The SMILES string of the molecule is COc1cc(CN2CCC(O)c3ccccc3C2)cc2c1OCO2. The van der Waals surface area contributed by atoms with Gasteiger partial charge in [-0.05, 0) is 35.2 Å². The molecule has 0 saturated heterocycles. The van der Waals surface area contributed by atoms with Crippen LogP contribution in [0, 0.1) is 0 Å². The maximum absolute atomic E-state index is 10.4. The second-order valence-electron chi connectivity index (χ2n) is 6.25. The molecule has 2 aromatic rings. The molecular formula is C19H21NO4. The fraction of sp³-hybridized carbons (Fsp3) is 0.368. The molecule has 126 valence electrons. The normalized spacial score (nSPS) is 19.7. The van der Waals surface area contributed by atoms with Crippen molar-refractivity contribution in [3.05, 3.63) is 53.1 Å². The maximum Gasteiger partial charge on any atom is 0.231 e. The van der Waals surface area contributed by atoms with Crippen molar-refractivity contribution in [3.8, 4) is 17.2 Å². The van der Waals surface area contributed by atoms with Crippen LogP contribution in [0.2, 0.25) is 0 Å². The van der Waals surface area contributed by atoms with Crippen LogP contribution in [0.5, 0.6) is 17.2 Å². The molecule has 24 heavy (non-hydrogen) atoms. The van der Waals surface area contributed by atoms with E-state index in [9.17, 15) is 5.11 Å². The highest BCUT2D eigenvalue weighted by Gasteiger charge is 2.23. The van der Waals surface area contributed by atoms with Crippen LogP contribution in [0.25, 0.3) is 0 Å². The molecule has 4 rings (SSSR count). The Labute approximate surface area is 141 Å². The number of aliphatic hydroxyl groups is 1. The molecule has 0 saturated carbocycles. The van der Waals surface area contributed by atoms with E-state index >= 15 is 0 Å². The van der Waals surface area contributed by atoms with E-state index in [0.717, 1.165) is 42.9 Å². The number of fused-ring (bicyclic) bond motifs is 2. The molecular weight excluding hydrogens is 306 g/mol. The third-order valence-corrected chi connectivity index (χ3v) is 4.65. The fourth-order valence-corrected chi connectivity index (χ4v) is 3.45. The molecule has 2 heterocycles. The molecule has 0 radical (unpaired) electrons. The molecule has 1 unspecified atom stereocenters. The van der Waals surface area contributed by atoms with Crippen molar-refractivity contribution >= 4 is 0 Å². The van der Waals surface area contributed by atoms with Crippen LogP contribution in [0.3, 0.4) is 0 Å². The zero-order valence-electron chi connectivity index (χ0n) is 13.7. The Morgan fingerprint density at radius 1 is 1.25 bits per heavy atom. The number of hydrogen-bond acceptors (Lipinski definition) is 5. The van der Waals surface area contributed by atoms with E-state index in [2.05, 4.69) is 11.0 Å². The summed E-state index contributed by atoms with van der Waals surface area (Å²) in [7, 11) is 1.64. The molecule has 0 aliphatic carbocycles. The first-order valence-corrected chi connectivity index (χ1v) is 8.19. The van der Waals surface area contributed by atoms with Gasteiger partial charge >= 0.3 is 0 Å². The van der Waals surface area contributed by atoms with E-state index < -0.39 is 6.10 Å². The predicted molar refractivity (Wildman–Crippen MR) is 89.2 cm³/mol. The summed E-state index contributed by atoms with van der Waals surface area (Å²) < 4.78 is 16.4. The summed E-state index contributed by atoms with van der Waals surface area (Å²) in [6.07, 6.45) is 0.344. The monoisotopic (exact) mass is 327 g/mol. The molecule has 2 aliphatic rings. The van der Waals surface area contributed by atoms with Crippen LogP contribution in [0.4, 0.5) is 0 Å². The van der Waals surface area contributed by atoms with Gasteiger partial charge in [-0.3, -0.25) is 4.90 Å². The Hall–Kier alpha value is -2.24. The van der Waals surface area contributed by atoms with Gasteiger partial charge < -0.3 is 19.3 Å². The number of benzene rings is 2. The Kier molecular flexibility index (Phi) is 4.04. The minimum Gasteiger partial charge on any atom is -0.493 e. The van der Waals surface area contributed by atoms with Gasteiger partial charge in [-0.15, -0.1) is 0 Å². The van der Waals surface area contributed by atoms with Gasteiger partial charge in [0.15, 0.2) is 11.5 Å². The van der Waals surface area contributed by atoms with Crippen molar-refractivity contribution in [1.82, 2.24) is 4.90 Å². The van der Waals surface area contributed by atoms with Crippen molar-refractivity contribution in [2.24, 2.45) is 0 Å². The maximum atomic E-state index is 10.4. The quantitative estimate of drug-likeness (QED) is 0.939. The number of hydrogen-bond donors (Lipinski definition) is 1. The van der Waals surface area contributed by atoms with Crippen LogP contribution in [-0.2, 0) is 13.1 Å². The van der Waals surface area contributed by atoms with Crippen LogP contribution < -0.4 is 14.2 Å². The second-order valence-corrected chi connectivity index (χ2v) is 6.25. The molecule has 2 aromatic carbocycles. The Bertz CT molecular complexity index is 746. The van der Waals surface area contributed by atoms with Gasteiger partial charge in [-0.1, -0.05) is 24.3 Å². The van der Waals surface area contributed by atoms with Gasteiger partial charge in [-0.25, -0.2) is 0 Å². The van der Waals surface area contributed by atoms with Gasteiger partial charge in [0, 0.05) is 19.6 Å². The van der Waals surface area contributed by atoms with Crippen molar-refractivity contribution in [1.29, 1.82) is 0 Å². The zero-order valence-corrected chi connectivity index (χ0v) is 13.7. The topological polar surface area (TPSA) is 51.2 Å². The van der Waals surface area contributed by atoms with Gasteiger partial charge in [0.1, 0.15) is 0 Å². The van der Waals surface area contributed by atoms with E-state index in [-0.39, 0.29) is 6.79 Å². The minimum absolute atomic E-state index is 0.235. The van der Waals surface area contributed by atoms with E-state index in [1.54, 1.807) is 7.11 Å². The Balaban J connectivity index is 1.58. The van der Waals surface area contributed by atoms with Crippen LogP contribution in [0.15, 0.2) is 36.4 Å². The highest BCUT2D eigenvalue weighted by Crippen LogP contribution is 2.42. The smallest absolute Gasteiger partial charge is 0.231 e. The van der Waals surface area contributed by atoms with Crippen LogP contribution in [0.1, 0.15) is 29.2 Å². The standard InChI is InChI=1S/C19H21NO4/c1-22-17-8-13(9-18-19(17)24-12-23-18)10-20-7-6-16(21)15-5-3-2-4-14(15)11-20/h2-5,8-9,16,21H,6-7,10-12H2,1H3. The van der Waals surface area contributed by atoms with Crippen LogP contribution >= 0.6 is 0 Å². The molecule has 0 spiro atoms. The van der Waals surface area contributed by atoms with Gasteiger partial charge in [0.2, 0.25) is 12.5 Å². The Morgan fingerprint density at radius 2 is 2.12 bits per heavy atom. The molecule has 1 atom stereocenters. The van der Waals surface area contributed by atoms with E-state index in [0.29, 0.717) is 11.5 Å². The lowest BCUT2D eigenvalue weighted by molar-refractivity contribution is 0.149. The van der Waals surface area contributed by atoms with Gasteiger partial charge in [0.25, 0.3) is 0 Å². The Morgan fingerprint density at radius 3 is 3.00 bits per heavy atom. The zero-order chi connectivity index (χ0) is 16.5. The van der Waals surface area contributed by atoms with Crippen molar-refractivity contribution in [3.63, 3.8) is 0 Å². The third kappa shape index (κ3) is 2.81. The number of ether oxygens (including phenoxy) is 3. The summed E-state index contributed by atoms with van der Waals surface area (Å²) in [6.45, 7) is 2.67. The molecule has 1 N–H and O–H groups in total.